The van der Waals surface area contributed by atoms with Crippen LogP contribution in [0.3, 0.4) is 0 Å². The predicted molar refractivity (Wildman–Crippen MR) is 135 cm³/mol. The van der Waals surface area contributed by atoms with Gasteiger partial charge >= 0.3 is 18.0 Å². The quantitative estimate of drug-likeness (QED) is 0.292. The molecule has 0 aliphatic rings. The Bertz CT molecular complexity index is 672. The molecule has 1 aromatic heterocycles. The molecule has 0 aliphatic heterocycles. The molecule has 1 rings (SSSR count). The first-order valence-electron chi connectivity index (χ1n) is 11.4. The van der Waals surface area contributed by atoms with E-state index in [9.17, 15) is 4.79 Å². The molecule has 10 nitrogen and oxygen atoms in total. The minimum Gasteiger partial charge on any atom is -0.473 e. The second-order valence-electron chi connectivity index (χ2n) is 8.61. The lowest BCUT2D eigenvalue weighted by Crippen LogP contribution is -2.48. The highest BCUT2D eigenvalue weighted by Crippen LogP contribution is 2.14. The van der Waals surface area contributed by atoms with Crippen LogP contribution in [0, 0.1) is 0 Å². The number of aliphatic carboxylic acids is 2. The van der Waals surface area contributed by atoms with Crippen LogP contribution in [0.2, 0.25) is 0 Å². The molecule has 0 saturated carbocycles. The summed E-state index contributed by atoms with van der Waals surface area (Å²) in [6.07, 6.45) is 3.71. The third-order valence-corrected chi connectivity index (χ3v) is 5.65. The molecule has 196 valence electrons. The van der Waals surface area contributed by atoms with E-state index < -0.39 is 11.9 Å². The highest BCUT2D eigenvalue weighted by atomic mass is 32.2. The van der Waals surface area contributed by atoms with Crippen molar-refractivity contribution >= 4 is 29.7 Å². The van der Waals surface area contributed by atoms with Crippen molar-refractivity contribution in [3.05, 3.63) is 24.2 Å². The maximum Gasteiger partial charge on any atom is 0.414 e. The molecule has 0 aliphatic carbocycles. The smallest absolute Gasteiger partial charge is 0.414 e. The Morgan fingerprint density at radius 2 is 1.44 bits per heavy atom. The van der Waals surface area contributed by atoms with Crippen LogP contribution in [0.1, 0.15) is 32.4 Å². The van der Waals surface area contributed by atoms with Gasteiger partial charge in [-0.2, -0.15) is 11.8 Å². The number of carbonyl (C=O) groups is 3. The van der Waals surface area contributed by atoms with E-state index in [1.54, 1.807) is 6.26 Å². The molecule has 11 heteroatoms. The molecule has 0 atom stereocenters. The van der Waals surface area contributed by atoms with E-state index >= 15 is 0 Å². The SMILES string of the molecule is CC(C)N(CCSCc1ccco1)C(=O)N(CCCN(C)C)CCCN(C)C.O=C(O)C(=O)O. The van der Waals surface area contributed by atoms with Gasteiger partial charge in [-0.1, -0.05) is 0 Å². The summed E-state index contributed by atoms with van der Waals surface area (Å²) >= 11 is 1.81. The highest BCUT2D eigenvalue weighted by molar-refractivity contribution is 7.98. The second kappa shape index (κ2) is 18.1. The van der Waals surface area contributed by atoms with Crippen molar-refractivity contribution in [1.29, 1.82) is 0 Å². The number of hydrogen-bond acceptors (Lipinski definition) is 7. The number of hydrogen-bond donors (Lipinski definition) is 2. The third kappa shape index (κ3) is 15.6. The third-order valence-electron chi connectivity index (χ3n) is 4.69. The molecule has 0 spiro atoms. The van der Waals surface area contributed by atoms with Gasteiger partial charge in [0.05, 0.1) is 12.0 Å². The van der Waals surface area contributed by atoms with Crippen LogP contribution in [-0.2, 0) is 15.3 Å². The summed E-state index contributed by atoms with van der Waals surface area (Å²) in [5, 5.41) is 14.8. The number of urea groups is 1. The van der Waals surface area contributed by atoms with Crippen LogP contribution < -0.4 is 0 Å². The molecule has 2 N–H and O–H groups in total. The van der Waals surface area contributed by atoms with Crippen LogP contribution in [0.5, 0.6) is 0 Å². The monoisotopic (exact) mass is 502 g/mol. The molecule has 2 amide bonds. The van der Waals surface area contributed by atoms with Gasteiger partial charge in [0, 0.05) is 31.4 Å². The standard InChI is InChI=1S/C21H40N4O2S.C2H2O4/c1-19(2)25(15-17-28-18-20-10-7-16-27-20)21(26)24(13-8-11-22(3)4)14-9-12-23(5)6;3-1(4)2(5)6/h7,10,16,19H,8-9,11-15,17-18H2,1-6H3;(H,3,4)(H,5,6). The van der Waals surface area contributed by atoms with Gasteiger partial charge in [0.1, 0.15) is 5.76 Å². The van der Waals surface area contributed by atoms with E-state index in [4.69, 9.17) is 24.2 Å². The molecule has 0 saturated heterocycles. The summed E-state index contributed by atoms with van der Waals surface area (Å²) in [6.45, 7) is 8.59. The number of carboxylic acid groups (broad SMARTS) is 2. The molecule has 1 heterocycles. The first kappa shape index (κ1) is 31.8. The summed E-state index contributed by atoms with van der Waals surface area (Å²) in [5.41, 5.74) is 0. The fourth-order valence-electron chi connectivity index (χ4n) is 2.95. The van der Waals surface area contributed by atoms with Crippen molar-refractivity contribution in [2.75, 3.05) is 66.7 Å². The number of thioether (sulfide) groups is 1. The molecule has 0 unspecified atom stereocenters. The van der Waals surface area contributed by atoms with E-state index in [2.05, 4.69) is 51.8 Å². The van der Waals surface area contributed by atoms with Gasteiger partial charge in [0.15, 0.2) is 0 Å². The van der Waals surface area contributed by atoms with Crippen LogP contribution in [-0.4, -0.2) is 120 Å². The summed E-state index contributed by atoms with van der Waals surface area (Å²) in [6, 6.07) is 4.28. The molecule has 1 aromatic rings. The summed E-state index contributed by atoms with van der Waals surface area (Å²) < 4.78 is 5.38. The Balaban J connectivity index is 0.00000160. The van der Waals surface area contributed by atoms with Crippen LogP contribution in [0.4, 0.5) is 4.79 Å². The minimum absolute atomic E-state index is 0.172. The largest absolute Gasteiger partial charge is 0.473 e. The van der Waals surface area contributed by atoms with E-state index in [-0.39, 0.29) is 12.1 Å². The van der Waals surface area contributed by atoms with Crippen LogP contribution in [0.15, 0.2) is 22.8 Å². The number of furan rings is 1. The van der Waals surface area contributed by atoms with Gasteiger partial charge in [-0.05, 0) is 80.1 Å². The first-order chi connectivity index (χ1) is 16.0. The number of amides is 2. The molecular formula is C23H42N4O6S. The van der Waals surface area contributed by atoms with Crippen molar-refractivity contribution in [2.45, 2.75) is 38.5 Å². The number of carboxylic acids is 2. The van der Waals surface area contributed by atoms with Gasteiger partial charge in [-0.3, -0.25) is 0 Å². The average Bonchev–Trinajstić information content (AvgIpc) is 3.25. The Morgan fingerprint density at radius 3 is 1.82 bits per heavy atom. The lowest BCUT2D eigenvalue weighted by molar-refractivity contribution is -0.159. The minimum atomic E-state index is -1.82. The van der Waals surface area contributed by atoms with Crippen molar-refractivity contribution < 1.29 is 29.0 Å². The maximum atomic E-state index is 13.3. The van der Waals surface area contributed by atoms with Crippen LogP contribution >= 0.6 is 11.8 Å². The lowest BCUT2D eigenvalue weighted by atomic mass is 10.3. The average molecular weight is 503 g/mol. The first-order valence-corrected chi connectivity index (χ1v) is 12.5. The topological polar surface area (TPSA) is 118 Å². The van der Waals surface area contributed by atoms with Gasteiger partial charge in [-0.15, -0.1) is 0 Å². The normalized spacial score (nSPS) is 10.9. The van der Waals surface area contributed by atoms with Crippen molar-refractivity contribution in [3.8, 4) is 0 Å². The fraction of sp³-hybridized carbons (Fsp3) is 0.696. The molecular weight excluding hydrogens is 460 g/mol. The van der Waals surface area contributed by atoms with Crippen molar-refractivity contribution in [3.63, 3.8) is 0 Å². The summed E-state index contributed by atoms with van der Waals surface area (Å²) in [4.78, 5) is 39.9. The van der Waals surface area contributed by atoms with Crippen LogP contribution in [0.25, 0.3) is 0 Å². The molecule has 34 heavy (non-hydrogen) atoms. The zero-order valence-corrected chi connectivity index (χ0v) is 22.2. The predicted octanol–water partition coefficient (Wildman–Crippen LogP) is 2.70. The highest BCUT2D eigenvalue weighted by Gasteiger charge is 2.22. The Morgan fingerprint density at radius 1 is 0.912 bits per heavy atom. The van der Waals surface area contributed by atoms with Gasteiger partial charge in [0.25, 0.3) is 0 Å². The van der Waals surface area contributed by atoms with Gasteiger partial charge in [0.2, 0.25) is 0 Å². The Hall–Kier alpha value is -2.24. The molecule has 0 fully saturated rings. The van der Waals surface area contributed by atoms with E-state index in [1.165, 1.54) is 0 Å². The number of nitrogens with zero attached hydrogens (tertiary/aromatic N) is 4. The van der Waals surface area contributed by atoms with Crippen molar-refractivity contribution in [2.24, 2.45) is 0 Å². The summed E-state index contributed by atoms with van der Waals surface area (Å²) in [5.74, 6) is -0.900. The zero-order chi connectivity index (χ0) is 26.1. The lowest BCUT2D eigenvalue weighted by Gasteiger charge is -2.34. The molecule has 0 radical (unpaired) electrons. The Labute approximate surface area is 207 Å². The number of carbonyl (C=O) groups excluding carboxylic acids is 1. The molecule has 0 bridgehead atoms. The van der Waals surface area contributed by atoms with Gasteiger partial charge < -0.3 is 34.2 Å². The van der Waals surface area contributed by atoms with E-state index in [1.807, 2.05) is 33.7 Å². The summed E-state index contributed by atoms with van der Waals surface area (Å²) in [7, 11) is 8.31. The van der Waals surface area contributed by atoms with E-state index in [0.717, 1.165) is 62.8 Å². The maximum absolute atomic E-state index is 13.3. The second-order valence-corrected chi connectivity index (χ2v) is 9.72. The number of rotatable bonds is 14. The fourth-order valence-corrected chi connectivity index (χ4v) is 3.78. The zero-order valence-electron chi connectivity index (χ0n) is 21.4. The van der Waals surface area contributed by atoms with E-state index in [0.29, 0.717) is 0 Å². The Kier molecular flexibility index (Phi) is 16.9. The molecule has 0 aromatic carbocycles. The van der Waals surface area contributed by atoms with Gasteiger partial charge in [-0.25, -0.2) is 14.4 Å². The van der Waals surface area contributed by atoms with Crippen molar-refractivity contribution in [1.82, 2.24) is 19.6 Å².